The van der Waals surface area contributed by atoms with Crippen LogP contribution in [0.2, 0.25) is 0 Å². The number of amides is 8. The topological polar surface area (TPSA) is 239 Å². The highest BCUT2D eigenvalue weighted by molar-refractivity contribution is 5.97. The number of carbonyl (C=O) groups is 8. The molecule has 0 spiro atoms. The van der Waals surface area contributed by atoms with Crippen LogP contribution in [0.1, 0.15) is 144 Å². The first kappa shape index (κ1) is 54.5. The molecule has 0 unspecified atom stereocenters. The zero-order valence-electron chi connectivity index (χ0n) is 42.2. The quantitative estimate of drug-likeness (QED) is 0.0565. The summed E-state index contributed by atoms with van der Waals surface area (Å²) >= 11 is 0. The van der Waals surface area contributed by atoms with Crippen molar-refractivity contribution in [1.29, 1.82) is 0 Å². The van der Waals surface area contributed by atoms with Crippen molar-refractivity contribution in [2.75, 3.05) is 40.3 Å². The van der Waals surface area contributed by atoms with Gasteiger partial charge in [0.15, 0.2) is 0 Å². The van der Waals surface area contributed by atoms with E-state index in [4.69, 9.17) is 0 Å². The van der Waals surface area contributed by atoms with Crippen LogP contribution in [0.4, 0.5) is 0 Å². The standard InChI is InChI=1S/C53H78N10O8/c1-34(54-3)48(66)60-42(52(70)62-31-15-27-44(62)50(68)58-40-25-13-19-36-17-5-7-21-38(36)40)23-9-11-29-56-46(64)33-47(65)57-30-12-10-24-43(61-49(67)35(2)55-4)53(71)63-32-16-28-45(63)51(69)59-41-26-14-20-37-18-6-8-22-39(37)41/h5-8,17-18,21-22,34-35,40-45,54-55H,9-16,19-20,23-33H2,1-4H3,(H,56,64)(H,57,65)(H,58,68)(H,59,69)(H,60,66)(H,61,67)/t34-,35+,40-,41-,42+,43+,44+,45+/m1/s1. The van der Waals surface area contributed by atoms with Gasteiger partial charge in [0.25, 0.3) is 0 Å². The fourth-order valence-corrected chi connectivity index (χ4v) is 10.4. The van der Waals surface area contributed by atoms with E-state index in [1.54, 1.807) is 37.7 Å². The number of rotatable bonds is 24. The molecule has 2 fully saturated rings. The Bertz CT molecular complexity index is 2040. The fraction of sp³-hybridized carbons (Fsp3) is 0.623. The number of fused-ring (bicyclic) bond motifs is 2. The lowest BCUT2D eigenvalue weighted by molar-refractivity contribution is -0.142. The Balaban J connectivity index is 0.919. The molecule has 2 aromatic rings. The van der Waals surface area contributed by atoms with E-state index in [-0.39, 0.29) is 67.0 Å². The van der Waals surface area contributed by atoms with Gasteiger partial charge in [-0.1, -0.05) is 48.5 Å². The van der Waals surface area contributed by atoms with Gasteiger partial charge in [0.05, 0.1) is 24.2 Å². The number of likely N-dealkylation sites (tertiary alicyclic amines) is 2. The maximum absolute atomic E-state index is 14.1. The van der Waals surface area contributed by atoms with Gasteiger partial charge in [-0.15, -0.1) is 0 Å². The summed E-state index contributed by atoms with van der Waals surface area (Å²) < 4.78 is 0. The maximum atomic E-state index is 14.1. The number of hydrogen-bond acceptors (Lipinski definition) is 10. The Morgan fingerprint density at radius 3 is 1.37 bits per heavy atom. The third-order valence-corrected chi connectivity index (χ3v) is 14.7. The predicted molar refractivity (Wildman–Crippen MR) is 269 cm³/mol. The fourth-order valence-electron chi connectivity index (χ4n) is 10.4. The van der Waals surface area contributed by atoms with Gasteiger partial charge >= 0.3 is 0 Å². The van der Waals surface area contributed by atoms with Gasteiger partial charge in [-0.2, -0.15) is 0 Å². The molecule has 2 aromatic carbocycles. The zero-order valence-corrected chi connectivity index (χ0v) is 42.2. The molecular weight excluding hydrogens is 905 g/mol. The second kappa shape index (κ2) is 27.1. The van der Waals surface area contributed by atoms with Gasteiger partial charge in [-0.05, 0) is 153 Å². The summed E-state index contributed by atoms with van der Waals surface area (Å²) in [6.45, 7) is 4.75. The molecule has 71 heavy (non-hydrogen) atoms. The van der Waals surface area contributed by atoms with E-state index in [1.165, 1.54) is 11.1 Å². The summed E-state index contributed by atoms with van der Waals surface area (Å²) in [5.74, 6) is -2.56. The first-order valence-electron chi connectivity index (χ1n) is 26.2. The van der Waals surface area contributed by atoms with Crippen molar-refractivity contribution in [2.24, 2.45) is 0 Å². The smallest absolute Gasteiger partial charge is 0.245 e. The number of likely N-dealkylation sites (N-methyl/N-ethyl adjacent to an activating group) is 2. The maximum Gasteiger partial charge on any atom is 0.245 e. The molecule has 18 nitrogen and oxygen atoms in total. The van der Waals surface area contributed by atoms with Crippen molar-refractivity contribution in [2.45, 2.75) is 171 Å². The molecule has 0 saturated carbocycles. The summed E-state index contributed by atoms with van der Waals surface area (Å²) in [5.41, 5.74) is 4.70. The van der Waals surface area contributed by atoms with Crippen molar-refractivity contribution in [3.05, 3.63) is 70.8 Å². The molecule has 0 bridgehead atoms. The highest BCUT2D eigenvalue weighted by atomic mass is 16.2. The highest BCUT2D eigenvalue weighted by Crippen LogP contribution is 2.32. The average Bonchev–Trinajstić information content (AvgIpc) is 4.09. The molecule has 8 atom stereocenters. The van der Waals surface area contributed by atoms with Crippen molar-refractivity contribution in [3.63, 3.8) is 0 Å². The number of nitrogens with zero attached hydrogens (tertiary/aromatic N) is 2. The number of carbonyl (C=O) groups excluding carboxylic acids is 8. The van der Waals surface area contributed by atoms with Crippen LogP contribution in [0.25, 0.3) is 0 Å². The molecular formula is C53H78N10O8. The summed E-state index contributed by atoms with van der Waals surface area (Å²) in [7, 11) is 3.32. The predicted octanol–water partition coefficient (Wildman–Crippen LogP) is 2.50. The third kappa shape index (κ3) is 15.1. The number of unbranched alkanes of at least 4 members (excludes halogenated alkanes) is 2. The minimum Gasteiger partial charge on any atom is -0.356 e. The van der Waals surface area contributed by atoms with E-state index >= 15 is 0 Å². The first-order valence-corrected chi connectivity index (χ1v) is 26.2. The number of benzene rings is 2. The molecule has 0 radical (unpaired) electrons. The molecule has 2 aliphatic heterocycles. The normalized spacial score (nSPS) is 21.1. The Morgan fingerprint density at radius 1 is 0.549 bits per heavy atom. The van der Waals surface area contributed by atoms with Gasteiger partial charge in [0.2, 0.25) is 47.3 Å². The van der Waals surface area contributed by atoms with E-state index in [9.17, 15) is 38.4 Å². The Labute approximate surface area is 419 Å². The average molecular weight is 983 g/mol. The van der Waals surface area contributed by atoms with E-state index in [1.807, 2.05) is 24.3 Å². The summed E-state index contributed by atoms with van der Waals surface area (Å²) in [6.07, 6.45) is 10.1. The van der Waals surface area contributed by atoms with Crippen molar-refractivity contribution >= 4 is 47.3 Å². The molecule has 4 aliphatic rings. The first-order chi connectivity index (χ1) is 34.3. The van der Waals surface area contributed by atoms with Crippen LogP contribution in [-0.2, 0) is 51.2 Å². The van der Waals surface area contributed by atoms with Crippen LogP contribution in [0.3, 0.4) is 0 Å². The summed E-state index contributed by atoms with van der Waals surface area (Å²) in [4.78, 5) is 110. The number of nitrogens with one attached hydrogen (secondary N) is 8. The van der Waals surface area contributed by atoms with Crippen LogP contribution >= 0.6 is 0 Å². The second-order valence-electron chi connectivity index (χ2n) is 19.7. The number of aryl methyl sites for hydroxylation is 2. The monoisotopic (exact) mass is 983 g/mol. The molecule has 8 amide bonds. The Hall–Kier alpha value is -5.88. The SMILES string of the molecule is CN[C@@H](C)C(=O)N[C@@H](CCCCNC(=O)CC(=O)NCCCC[C@H](NC(=O)[C@@H](C)NC)C(=O)N1CCC[C@H]1C(=O)N[C@@H]1CCCc2ccccc21)C(=O)N1CCC[C@H]1C(=O)N[C@@H]1CCCc2ccccc21. The molecule has 8 N–H and O–H groups in total. The van der Waals surface area contributed by atoms with Crippen molar-refractivity contribution in [1.82, 2.24) is 52.3 Å². The minimum absolute atomic E-state index is 0.114. The van der Waals surface area contributed by atoms with E-state index in [2.05, 4.69) is 66.8 Å². The van der Waals surface area contributed by atoms with Crippen LogP contribution in [0.15, 0.2) is 48.5 Å². The minimum atomic E-state index is -0.862. The molecule has 2 saturated heterocycles. The van der Waals surface area contributed by atoms with Crippen molar-refractivity contribution < 1.29 is 38.4 Å². The summed E-state index contributed by atoms with van der Waals surface area (Å²) in [6, 6.07) is 12.0. The molecule has 6 rings (SSSR count). The molecule has 0 aromatic heterocycles. The van der Waals surface area contributed by atoms with Crippen LogP contribution in [-0.4, -0.2) is 134 Å². The lowest BCUT2D eigenvalue weighted by atomic mass is 9.87. The van der Waals surface area contributed by atoms with Crippen LogP contribution in [0, 0.1) is 0 Å². The molecule has 2 heterocycles. The van der Waals surface area contributed by atoms with E-state index in [0.717, 1.165) is 49.7 Å². The van der Waals surface area contributed by atoms with Gasteiger partial charge in [0, 0.05) is 26.2 Å². The lowest BCUT2D eigenvalue weighted by Gasteiger charge is -2.32. The Morgan fingerprint density at radius 2 is 0.958 bits per heavy atom. The van der Waals surface area contributed by atoms with E-state index in [0.29, 0.717) is 77.3 Å². The molecule has 18 heteroatoms. The second-order valence-corrected chi connectivity index (χ2v) is 19.7. The van der Waals surface area contributed by atoms with Gasteiger partial charge < -0.3 is 52.3 Å². The van der Waals surface area contributed by atoms with Gasteiger partial charge in [-0.3, -0.25) is 38.4 Å². The van der Waals surface area contributed by atoms with Crippen molar-refractivity contribution in [3.8, 4) is 0 Å². The lowest BCUT2D eigenvalue weighted by Crippen LogP contribution is -2.55. The van der Waals surface area contributed by atoms with Crippen LogP contribution in [0.5, 0.6) is 0 Å². The third-order valence-electron chi connectivity index (χ3n) is 14.7. The van der Waals surface area contributed by atoms with Crippen LogP contribution < -0.4 is 42.5 Å². The zero-order chi connectivity index (χ0) is 50.9. The van der Waals surface area contributed by atoms with Gasteiger partial charge in [-0.25, -0.2) is 0 Å². The largest absolute Gasteiger partial charge is 0.356 e. The highest BCUT2D eigenvalue weighted by Gasteiger charge is 2.40. The molecule has 2 aliphatic carbocycles. The molecule has 388 valence electrons. The number of hydrogen-bond donors (Lipinski definition) is 8. The van der Waals surface area contributed by atoms with E-state index < -0.39 is 48.1 Å². The van der Waals surface area contributed by atoms with Gasteiger partial charge in [0.1, 0.15) is 30.6 Å². The Kier molecular flexibility index (Phi) is 20.8. The summed E-state index contributed by atoms with van der Waals surface area (Å²) in [5, 5.41) is 23.6.